The quantitative estimate of drug-likeness (QED) is 0.539. The van der Waals surface area contributed by atoms with Gasteiger partial charge in [0.15, 0.2) is 11.0 Å². The molecule has 0 aliphatic heterocycles. The van der Waals surface area contributed by atoms with Gasteiger partial charge in [0.2, 0.25) is 5.91 Å². The van der Waals surface area contributed by atoms with Gasteiger partial charge in [-0.1, -0.05) is 47.6 Å². The monoisotopic (exact) mass is 443 g/mol. The zero-order chi connectivity index (χ0) is 21.7. The predicted molar refractivity (Wildman–Crippen MR) is 119 cm³/mol. The van der Waals surface area contributed by atoms with Crippen molar-refractivity contribution in [1.29, 1.82) is 0 Å². The van der Waals surface area contributed by atoms with Crippen LogP contribution in [0.2, 0.25) is 5.02 Å². The minimum absolute atomic E-state index is 0.166. The van der Waals surface area contributed by atoms with E-state index in [0.717, 1.165) is 5.56 Å². The molecule has 0 fully saturated rings. The van der Waals surface area contributed by atoms with Crippen LogP contribution >= 0.6 is 23.4 Å². The van der Waals surface area contributed by atoms with Gasteiger partial charge >= 0.3 is 0 Å². The molecule has 0 spiro atoms. The maximum atomic E-state index is 12.4. The van der Waals surface area contributed by atoms with Crippen molar-refractivity contribution in [3.8, 4) is 0 Å². The van der Waals surface area contributed by atoms with E-state index >= 15 is 0 Å². The van der Waals surface area contributed by atoms with Crippen molar-refractivity contribution in [2.75, 3.05) is 11.1 Å². The Balaban J connectivity index is 1.59. The second-order valence-electron chi connectivity index (χ2n) is 6.76. The number of nitrogens with zero attached hydrogens (tertiary/aromatic N) is 3. The number of aryl methyl sites for hydroxylation is 1. The molecule has 30 heavy (non-hydrogen) atoms. The average molecular weight is 444 g/mol. The molecule has 3 aromatic rings. The Bertz CT molecular complexity index is 1050. The first-order chi connectivity index (χ1) is 14.3. The molecule has 1 atom stereocenters. The molecule has 9 heteroatoms. The normalized spacial score (nSPS) is 11.7. The highest BCUT2D eigenvalue weighted by Crippen LogP contribution is 2.22. The lowest BCUT2D eigenvalue weighted by Crippen LogP contribution is -2.28. The molecule has 0 aliphatic rings. The highest BCUT2D eigenvalue weighted by molar-refractivity contribution is 7.99. The third kappa shape index (κ3) is 5.40. The van der Waals surface area contributed by atoms with Crippen LogP contribution < -0.4 is 10.6 Å². The highest BCUT2D eigenvalue weighted by Gasteiger charge is 2.19. The van der Waals surface area contributed by atoms with Crippen LogP contribution in [-0.2, 0) is 11.8 Å². The second-order valence-corrected chi connectivity index (χ2v) is 8.14. The number of hydrogen-bond donors (Lipinski definition) is 2. The summed E-state index contributed by atoms with van der Waals surface area (Å²) in [7, 11) is 1.81. The Morgan fingerprint density at radius 2 is 1.90 bits per heavy atom. The summed E-state index contributed by atoms with van der Waals surface area (Å²) in [4.78, 5) is 24.7. The molecular formula is C21H22ClN5O2S. The fraction of sp³-hybridized carbons (Fsp3) is 0.238. The molecular weight excluding hydrogens is 422 g/mol. The number of aromatic nitrogens is 3. The molecule has 1 heterocycles. The van der Waals surface area contributed by atoms with Crippen LogP contribution in [0.4, 0.5) is 5.69 Å². The number of carbonyl (C=O) groups is 2. The molecule has 0 saturated carbocycles. The Morgan fingerprint density at radius 3 is 2.63 bits per heavy atom. The smallest absolute Gasteiger partial charge is 0.251 e. The maximum absolute atomic E-state index is 12.4. The number of anilines is 1. The molecule has 156 valence electrons. The number of amides is 2. The summed E-state index contributed by atoms with van der Waals surface area (Å²) in [6, 6.07) is 14.0. The summed E-state index contributed by atoms with van der Waals surface area (Å²) in [5, 5.41) is 15.2. The van der Waals surface area contributed by atoms with E-state index in [2.05, 4.69) is 20.8 Å². The van der Waals surface area contributed by atoms with Gasteiger partial charge in [-0.2, -0.15) is 0 Å². The van der Waals surface area contributed by atoms with E-state index in [9.17, 15) is 9.59 Å². The zero-order valence-corrected chi connectivity index (χ0v) is 18.4. The summed E-state index contributed by atoms with van der Waals surface area (Å²) in [6.07, 6.45) is 0. The topological polar surface area (TPSA) is 88.9 Å². The number of rotatable bonds is 7. The number of thioether (sulfide) groups is 1. The summed E-state index contributed by atoms with van der Waals surface area (Å²) < 4.78 is 1.78. The van der Waals surface area contributed by atoms with E-state index in [0.29, 0.717) is 27.3 Å². The molecule has 7 nitrogen and oxygen atoms in total. The number of benzene rings is 2. The summed E-state index contributed by atoms with van der Waals surface area (Å²) >= 11 is 7.26. The Hall–Kier alpha value is -2.84. The Morgan fingerprint density at radius 1 is 1.17 bits per heavy atom. The molecule has 2 N–H and O–H groups in total. The first-order valence-electron chi connectivity index (χ1n) is 9.29. The van der Waals surface area contributed by atoms with E-state index in [1.165, 1.54) is 11.8 Å². The standard InChI is InChI=1S/C21H22ClN5O2S/c1-13-9-10-16(22)11-17(13)24-18(28)12-30-21-26-25-19(27(21)3)14(2)23-20(29)15-7-5-4-6-8-15/h4-11,14H,12H2,1-3H3,(H,23,29)(H,24,28). The summed E-state index contributed by atoms with van der Waals surface area (Å²) in [5.74, 6) is 0.424. The summed E-state index contributed by atoms with van der Waals surface area (Å²) in [5.41, 5.74) is 2.19. The Labute approximate surface area is 184 Å². The lowest BCUT2D eigenvalue weighted by Gasteiger charge is -2.13. The van der Waals surface area contributed by atoms with E-state index < -0.39 is 0 Å². The van der Waals surface area contributed by atoms with Crippen LogP contribution in [0.25, 0.3) is 0 Å². The van der Waals surface area contributed by atoms with Crippen LogP contribution in [0.3, 0.4) is 0 Å². The van der Waals surface area contributed by atoms with E-state index in [4.69, 9.17) is 11.6 Å². The predicted octanol–water partition coefficient (Wildman–Crippen LogP) is 4.00. The first kappa shape index (κ1) is 21.9. The molecule has 0 saturated heterocycles. The van der Waals surface area contributed by atoms with Gasteiger partial charge in [0.25, 0.3) is 5.91 Å². The van der Waals surface area contributed by atoms with Crippen LogP contribution in [0.1, 0.15) is 34.7 Å². The fourth-order valence-corrected chi connectivity index (χ4v) is 3.70. The van der Waals surface area contributed by atoms with Crippen LogP contribution in [-0.4, -0.2) is 32.3 Å². The Kier molecular flexibility index (Phi) is 7.12. The molecule has 3 rings (SSSR count). The number of hydrogen-bond acceptors (Lipinski definition) is 5. The lowest BCUT2D eigenvalue weighted by atomic mass is 10.2. The first-order valence-corrected chi connectivity index (χ1v) is 10.7. The van der Waals surface area contributed by atoms with Crippen LogP contribution in [0, 0.1) is 6.92 Å². The van der Waals surface area contributed by atoms with Crippen molar-refractivity contribution in [3.63, 3.8) is 0 Å². The SMILES string of the molecule is Cc1ccc(Cl)cc1NC(=O)CSc1nnc(C(C)NC(=O)c2ccccc2)n1C. The van der Waals surface area contributed by atoms with Crippen molar-refractivity contribution in [2.45, 2.75) is 25.0 Å². The number of halogens is 1. The summed E-state index contributed by atoms with van der Waals surface area (Å²) in [6.45, 7) is 3.74. The average Bonchev–Trinajstić information content (AvgIpc) is 3.10. The van der Waals surface area contributed by atoms with Gasteiger partial charge in [-0.15, -0.1) is 10.2 Å². The molecule has 2 amide bonds. The second kappa shape index (κ2) is 9.77. The van der Waals surface area contributed by atoms with E-state index in [-0.39, 0.29) is 23.6 Å². The molecule has 1 aromatic heterocycles. The largest absolute Gasteiger partial charge is 0.342 e. The van der Waals surface area contributed by atoms with Gasteiger partial charge in [0.05, 0.1) is 11.8 Å². The van der Waals surface area contributed by atoms with Crippen molar-refractivity contribution >= 4 is 40.9 Å². The van der Waals surface area contributed by atoms with Gasteiger partial charge in [0.1, 0.15) is 0 Å². The van der Waals surface area contributed by atoms with E-state index in [1.807, 2.05) is 45.2 Å². The molecule has 0 bridgehead atoms. The van der Waals surface area contributed by atoms with Crippen molar-refractivity contribution in [1.82, 2.24) is 20.1 Å². The minimum Gasteiger partial charge on any atom is -0.342 e. The highest BCUT2D eigenvalue weighted by atomic mass is 35.5. The fourth-order valence-electron chi connectivity index (χ4n) is 2.81. The lowest BCUT2D eigenvalue weighted by molar-refractivity contribution is -0.113. The third-order valence-corrected chi connectivity index (χ3v) is 5.70. The van der Waals surface area contributed by atoms with E-state index in [1.54, 1.807) is 28.8 Å². The van der Waals surface area contributed by atoms with Crippen LogP contribution in [0.15, 0.2) is 53.7 Å². The molecule has 1 unspecified atom stereocenters. The van der Waals surface area contributed by atoms with Crippen molar-refractivity contribution < 1.29 is 9.59 Å². The van der Waals surface area contributed by atoms with Crippen molar-refractivity contribution in [3.05, 3.63) is 70.5 Å². The number of carbonyl (C=O) groups excluding carboxylic acids is 2. The number of nitrogens with one attached hydrogen (secondary N) is 2. The van der Waals surface area contributed by atoms with Gasteiger partial charge in [-0.25, -0.2) is 0 Å². The van der Waals surface area contributed by atoms with Gasteiger partial charge in [-0.3, -0.25) is 9.59 Å². The molecule has 2 aromatic carbocycles. The van der Waals surface area contributed by atoms with Crippen LogP contribution in [0.5, 0.6) is 0 Å². The molecule has 0 aliphatic carbocycles. The van der Waals surface area contributed by atoms with Gasteiger partial charge < -0.3 is 15.2 Å². The third-order valence-electron chi connectivity index (χ3n) is 4.45. The molecule has 0 radical (unpaired) electrons. The maximum Gasteiger partial charge on any atom is 0.251 e. The minimum atomic E-state index is -0.340. The van der Waals surface area contributed by atoms with Crippen molar-refractivity contribution in [2.24, 2.45) is 7.05 Å². The van der Waals surface area contributed by atoms with Gasteiger partial charge in [0, 0.05) is 23.3 Å². The zero-order valence-electron chi connectivity index (χ0n) is 16.8. The van der Waals surface area contributed by atoms with Gasteiger partial charge in [-0.05, 0) is 43.7 Å².